The van der Waals surface area contributed by atoms with Crippen molar-refractivity contribution < 1.29 is 9.94 Å². The van der Waals surface area contributed by atoms with Crippen molar-refractivity contribution in [3.63, 3.8) is 0 Å². The van der Waals surface area contributed by atoms with E-state index in [4.69, 9.17) is 21.5 Å². The first-order chi connectivity index (χ1) is 7.27. The zero-order chi connectivity index (χ0) is 10.8. The summed E-state index contributed by atoms with van der Waals surface area (Å²) in [6, 6.07) is 5.58. The van der Waals surface area contributed by atoms with E-state index in [0.717, 1.165) is 10.9 Å². The SMILES string of the molecule is COc1cccc2[nH]cc(/C(Cl)=N\O)c12. The number of oxime groups is 1. The number of hydrogen-bond acceptors (Lipinski definition) is 3. The summed E-state index contributed by atoms with van der Waals surface area (Å²) in [7, 11) is 1.58. The molecule has 0 amide bonds. The minimum Gasteiger partial charge on any atom is -0.496 e. The molecule has 2 aromatic rings. The van der Waals surface area contributed by atoms with Crippen LogP contribution in [0.15, 0.2) is 29.6 Å². The van der Waals surface area contributed by atoms with Crippen LogP contribution in [0.2, 0.25) is 0 Å². The lowest BCUT2D eigenvalue weighted by atomic mass is 10.1. The highest BCUT2D eigenvalue weighted by Crippen LogP contribution is 2.29. The van der Waals surface area contributed by atoms with Gasteiger partial charge in [0.2, 0.25) is 0 Å². The fourth-order valence-corrected chi connectivity index (χ4v) is 1.69. The molecule has 78 valence electrons. The van der Waals surface area contributed by atoms with Gasteiger partial charge in [0.15, 0.2) is 5.17 Å². The summed E-state index contributed by atoms with van der Waals surface area (Å²) in [5.41, 5.74) is 1.50. The van der Waals surface area contributed by atoms with Gasteiger partial charge >= 0.3 is 0 Å². The van der Waals surface area contributed by atoms with Crippen molar-refractivity contribution in [1.29, 1.82) is 0 Å². The lowest BCUT2D eigenvalue weighted by Gasteiger charge is -2.02. The Morgan fingerprint density at radius 1 is 1.53 bits per heavy atom. The van der Waals surface area contributed by atoms with Gasteiger partial charge in [-0.05, 0) is 12.1 Å². The summed E-state index contributed by atoms with van der Waals surface area (Å²) >= 11 is 5.76. The number of halogens is 1. The largest absolute Gasteiger partial charge is 0.496 e. The number of rotatable bonds is 2. The van der Waals surface area contributed by atoms with Gasteiger partial charge in [-0.2, -0.15) is 0 Å². The van der Waals surface area contributed by atoms with Crippen LogP contribution in [0.3, 0.4) is 0 Å². The van der Waals surface area contributed by atoms with Gasteiger partial charge in [-0.15, -0.1) is 0 Å². The molecule has 0 aliphatic rings. The van der Waals surface area contributed by atoms with Gasteiger partial charge in [0.05, 0.1) is 12.5 Å². The molecule has 2 rings (SSSR count). The van der Waals surface area contributed by atoms with Crippen molar-refractivity contribution in [1.82, 2.24) is 4.98 Å². The highest BCUT2D eigenvalue weighted by Gasteiger charge is 2.12. The second-order valence-electron chi connectivity index (χ2n) is 2.98. The van der Waals surface area contributed by atoms with Crippen molar-refractivity contribution in [2.24, 2.45) is 5.16 Å². The molecule has 0 saturated carbocycles. The second kappa shape index (κ2) is 3.82. The summed E-state index contributed by atoms with van der Waals surface area (Å²) in [6.45, 7) is 0. The van der Waals surface area contributed by atoms with E-state index in [0.29, 0.717) is 11.3 Å². The highest BCUT2D eigenvalue weighted by molar-refractivity contribution is 6.70. The maximum absolute atomic E-state index is 8.63. The third kappa shape index (κ3) is 1.53. The average molecular weight is 225 g/mol. The van der Waals surface area contributed by atoms with Crippen LogP contribution in [0.4, 0.5) is 0 Å². The van der Waals surface area contributed by atoms with Crippen molar-refractivity contribution in [3.05, 3.63) is 30.0 Å². The van der Waals surface area contributed by atoms with Crippen molar-refractivity contribution in [2.75, 3.05) is 7.11 Å². The molecule has 15 heavy (non-hydrogen) atoms. The van der Waals surface area contributed by atoms with E-state index in [2.05, 4.69) is 10.1 Å². The standard InChI is InChI=1S/C10H9ClN2O2/c1-15-8-4-2-3-7-9(8)6(5-12-7)10(11)13-14/h2-5,12,14H,1H3/b13-10+. The molecule has 0 spiro atoms. The first-order valence-electron chi connectivity index (χ1n) is 4.30. The van der Waals surface area contributed by atoms with E-state index in [1.165, 1.54) is 0 Å². The van der Waals surface area contributed by atoms with E-state index >= 15 is 0 Å². The predicted octanol–water partition coefficient (Wildman–Crippen LogP) is 2.55. The van der Waals surface area contributed by atoms with Gasteiger partial charge < -0.3 is 14.9 Å². The van der Waals surface area contributed by atoms with E-state index in [9.17, 15) is 0 Å². The molecule has 2 N–H and O–H groups in total. The molecule has 1 aromatic carbocycles. The van der Waals surface area contributed by atoms with Gasteiger partial charge in [-0.3, -0.25) is 0 Å². The van der Waals surface area contributed by atoms with Crippen LogP contribution in [-0.4, -0.2) is 22.5 Å². The lowest BCUT2D eigenvalue weighted by molar-refractivity contribution is 0.321. The Morgan fingerprint density at radius 2 is 2.33 bits per heavy atom. The van der Waals surface area contributed by atoms with E-state index < -0.39 is 0 Å². The highest BCUT2D eigenvalue weighted by atomic mass is 35.5. The predicted molar refractivity (Wildman–Crippen MR) is 59.0 cm³/mol. The monoisotopic (exact) mass is 224 g/mol. The van der Waals surface area contributed by atoms with E-state index in [-0.39, 0.29) is 5.17 Å². The smallest absolute Gasteiger partial charge is 0.177 e. The van der Waals surface area contributed by atoms with Gasteiger partial charge in [-0.1, -0.05) is 22.8 Å². The molecule has 0 aliphatic carbocycles. The Bertz CT molecular complexity index is 519. The third-order valence-corrected chi connectivity index (χ3v) is 2.48. The Balaban J connectivity index is 2.77. The molecule has 0 unspecified atom stereocenters. The number of nitrogens with zero attached hydrogens (tertiary/aromatic N) is 1. The zero-order valence-corrected chi connectivity index (χ0v) is 8.75. The molecule has 5 heteroatoms. The molecule has 1 heterocycles. The normalized spacial score (nSPS) is 12.0. The maximum atomic E-state index is 8.63. The first kappa shape index (κ1) is 9.86. The lowest BCUT2D eigenvalue weighted by Crippen LogP contribution is -1.91. The second-order valence-corrected chi connectivity index (χ2v) is 3.33. The van der Waals surface area contributed by atoms with Crippen molar-refractivity contribution in [2.45, 2.75) is 0 Å². The average Bonchev–Trinajstić information content (AvgIpc) is 2.71. The summed E-state index contributed by atoms with van der Waals surface area (Å²) in [6.07, 6.45) is 1.68. The van der Waals surface area contributed by atoms with E-state index in [1.807, 2.05) is 18.2 Å². The van der Waals surface area contributed by atoms with Crippen molar-refractivity contribution in [3.8, 4) is 5.75 Å². The van der Waals surface area contributed by atoms with E-state index in [1.54, 1.807) is 13.3 Å². The molecule has 0 aliphatic heterocycles. The van der Waals surface area contributed by atoms with Gasteiger partial charge in [0, 0.05) is 17.3 Å². The van der Waals surface area contributed by atoms with Crippen LogP contribution in [0, 0.1) is 0 Å². The topological polar surface area (TPSA) is 57.6 Å². The fraction of sp³-hybridized carbons (Fsp3) is 0.100. The quantitative estimate of drug-likeness (QED) is 0.468. The number of benzene rings is 1. The first-order valence-corrected chi connectivity index (χ1v) is 4.67. The summed E-state index contributed by atoms with van der Waals surface area (Å²) in [4.78, 5) is 3.02. The number of hydrogen-bond donors (Lipinski definition) is 2. The van der Waals surface area contributed by atoms with Crippen LogP contribution in [0.25, 0.3) is 10.9 Å². The number of methoxy groups -OCH3 is 1. The Morgan fingerprint density at radius 3 is 3.00 bits per heavy atom. The minimum atomic E-state index is 0.0331. The van der Waals surface area contributed by atoms with Crippen molar-refractivity contribution >= 4 is 27.7 Å². The number of ether oxygens (including phenoxy) is 1. The molecule has 0 bridgehead atoms. The van der Waals surface area contributed by atoms with Crippen LogP contribution in [0.1, 0.15) is 5.56 Å². The zero-order valence-electron chi connectivity index (χ0n) is 7.99. The molecule has 0 radical (unpaired) electrons. The van der Waals surface area contributed by atoms with Crippen LogP contribution in [-0.2, 0) is 0 Å². The molecular weight excluding hydrogens is 216 g/mol. The van der Waals surface area contributed by atoms with Gasteiger partial charge in [-0.25, -0.2) is 0 Å². The summed E-state index contributed by atoms with van der Waals surface area (Å²) in [5, 5.41) is 12.4. The molecule has 1 aromatic heterocycles. The molecule has 0 saturated heterocycles. The number of nitrogens with one attached hydrogen (secondary N) is 1. The number of H-pyrrole nitrogens is 1. The van der Waals surface area contributed by atoms with Crippen LogP contribution in [0.5, 0.6) is 5.75 Å². The van der Waals surface area contributed by atoms with Crippen LogP contribution >= 0.6 is 11.6 Å². The minimum absolute atomic E-state index is 0.0331. The molecular formula is C10H9ClN2O2. The third-order valence-electron chi connectivity index (χ3n) is 2.20. The Hall–Kier alpha value is -1.68. The number of fused-ring (bicyclic) bond motifs is 1. The van der Waals surface area contributed by atoms with Gasteiger partial charge in [0.1, 0.15) is 5.75 Å². The maximum Gasteiger partial charge on any atom is 0.177 e. The Labute approximate surface area is 91.1 Å². The fourth-order valence-electron chi connectivity index (χ4n) is 1.54. The summed E-state index contributed by atoms with van der Waals surface area (Å²) in [5.74, 6) is 0.686. The number of aromatic nitrogens is 1. The molecule has 0 fully saturated rings. The molecule has 0 atom stereocenters. The molecule has 4 nitrogen and oxygen atoms in total. The van der Waals surface area contributed by atoms with Gasteiger partial charge in [0.25, 0.3) is 0 Å². The Kier molecular flexibility index (Phi) is 2.51. The summed E-state index contributed by atoms with van der Waals surface area (Å²) < 4.78 is 5.21. The number of aromatic amines is 1. The van der Waals surface area contributed by atoms with Crippen LogP contribution < -0.4 is 4.74 Å².